The number of aromatic nitrogens is 1. The molecule has 4 rings (SSSR count). The lowest BCUT2D eigenvalue weighted by molar-refractivity contribution is 0.434. The van der Waals surface area contributed by atoms with Crippen LogP contribution in [0.2, 0.25) is 0 Å². The zero-order valence-corrected chi connectivity index (χ0v) is 15.3. The minimum absolute atomic E-state index is 0.000385. The summed E-state index contributed by atoms with van der Waals surface area (Å²) in [5.41, 5.74) is 2.63. The molecule has 0 amide bonds. The second kappa shape index (κ2) is 7.05. The number of nitrogens with zero attached hydrogens (tertiary/aromatic N) is 2. The molecule has 6 nitrogen and oxygen atoms in total. The number of guanidine groups is 1. The van der Waals surface area contributed by atoms with E-state index in [2.05, 4.69) is 10.5 Å². The third kappa shape index (κ3) is 3.41. The summed E-state index contributed by atoms with van der Waals surface area (Å²) in [4.78, 5) is 0. The van der Waals surface area contributed by atoms with E-state index >= 15 is 0 Å². The highest BCUT2D eigenvalue weighted by Gasteiger charge is 2.33. The summed E-state index contributed by atoms with van der Waals surface area (Å²) in [5.74, 6) is 0.276. The van der Waals surface area contributed by atoms with Crippen molar-refractivity contribution in [3.63, 3.8) is 0 Å². The summed E-state index contributed by atoms with van der Waals surface area (Å²) in [6.07, 6.45) is 0. The molecule has 2 unspecified atom stereocenters. The highest BCUT2D eigenvalue weighted by atomic mass is 32.2. The Kier molecular flexibility index (Phi) is 4.59. The molecule has 2 atom stereocenters. The average molecular weight is 384 g/mol. The van der Waals surface area contributed by atoms with Crippen LogP contribution in [-0.4, -0.2) is 32.8 Å². The Hall–Kier alpha value is -2.84. The van der Waals surface area contributed by atoms with Gasteiger partial charge >= 0.3 is 0 Å². The fraction of sp³-hybridized carbons (Fsp3) is 0.158. The Morgan fingerprint density at radius 3 is 2.74 bits per heavy atom. The second-order valence-corrected chi connectivity index (χ2v) is 7.73. The van der Waals surface area contributed by atoms with Gasteiger partial charge in [-0.25, -0.2) is 4.39 Å². The first-order valence-corrected chi connectivity index (χ1v) is 9.60. The molecule has 138 valence electrons. The van der Waals surface area contributed by atoms with Gasteiger partial charge in [0.05, 0.1) is 18.4 Å². The Labute approximate surface area is 158 Å². The molecule has 1 fully saturated rings. The van der Waals surface area contributed by atoms with Gasteiger partial charge in [0.1, 0.15) is 17.6 Å². The molecule has 1 aromatic heterocycles. The maximum atomic E-state index is 14.4. The van der Waals surface area contributed by atoms with Crippen LogP contribution in [0.3, 0.4) is 0 Å². The van der Waals surface area contributed by atoms with Crippen LogP contribution >= 0.6 is 0 Å². The van der Waals surface area contributed by atoms with Gasteiger partial charge in [-0.3, -0.25) is 5.41 Å². The van der Waals surface area contributed by atoms with E-state index in [1.165, 1.54) is 10.4 Å². The lowest BCUT2D eigenvalue weighted by Gasteiger charge is -2.33. The summed E-state index contributed by atoms with van der Waals surface area (Å²) >= 11 is -1.38. The van der Waals surface area contributed by atoms with Crippen molar-refractivity contribution in [3.8, 4) is 22.6 Å². The Morgan fingerprint density at radius 2 is 2.00 bits per heavy atom. The van der Waals surface area contributed by atoms with E-state index in [0.717, 1.165) is 5.56 Å². The van der Waals surface area contributed by atoms with Crippen molar-refractivity contribution in [2.24, 2.45) is 0 Å². The summed E-state index contributed by atoms with van der Waals surface area (Å²) in [6, 6.07) is 15.5. The maximum absolute atomic E-state index is 14.4. The molecule has 0 spiro atoms. The first-order valence-electron chi connectivity index (χ1n) is 8.32. The van der Waals surface area contributed by atoms with Crippen molar-refractivity contribution >= 4 is 17.3 Å². The van der Waals surface area contributed by atoms with E-state index in [-0.39, 0.29) is 11.7 Å². The molecular formula is C19H17FN4O2S. The SMILES string of the molecule is CN1C(=N)NC(c2cc(-c3cc(-c4ccccc4)no3)ccc2F)C[S+]1[O-]. The normalized spacial score (nSPS) is 19.8. The van der Waals surface area contributed by atoms with Gasteiger partial charge in [0, 0.05) is 22.8 Å². The van der Waals surface area contributed by atoms with E-state index in [1.807, 2.05) is 30.3 Å². The molecule has 3 aromatic rings. The van der Waals surface area contributed by atoms with Gasteiger partial charge in [-0.2, -0.15) is 4.31 Å². The number of rotatable bonds is 3. The Bertz CT molecular complexity index is 979. The zero-order valence-electron chi connectivity index (χ0n) is 14.5. The van der Waals surface area contributed by atoms with Gasteiger partial charge in [-0.1, -0.05) is 35.5 Å². The first kappa shape index (κ1) is 17.6. The first-order chi connectivity index (χ1) is 13.0. The number of halogens is 1. The summed E-state index contributed by atoms with van der Waals surface area (Å²) in [7, 11) is 1.56. The predicted octanol–water partition coefficient (Wildman–Crippen LogP) is 3.32. The molecular weight excluding hydrogens is 367 g/mol. The molecule has 1 aliphatic heterocycles. The number of nitrogens with one attached hydrogen (secondary N) is 2. The van der Waals surface area contributed by atoms with Crippen LogP contribution in [0.4, 0.5) is 4.39 Å². The third-order valence-electron chi connectivity index (χ3n) is 4.48. The monoisotopic (exact) mass is 384 g/mol. The molecule has 0 bridgehead atoms. The lowest BCUT2D eigenvalue weighted by Crippen LogP contribution is -2.52. The van der Waals surface area contributed by atoms with E-state index < -0.39 is 23.2 Å². The smallest absolute Gasteiger partial charge is 0.234 e. The third-order valence-corrected chi connectivity index (χ3v) is 5.89. The molecule has 2 aromatic carbocycles. The van der Waals surface area contributed by atoms with Gasteiger partial charge in [0.25, 0.3) is 0 Å². The minimum Gasteiger partial charge on any atom is -0.593 e. The minimum atomic E-state index is -1.38. The fourth-order valence-corrected chi connectivity index (χ4v) is 3.97. The molecule has 27 heavy (non-hydrogen) atoms. The quantitative estimate of drug-likeness (QED) is 0.677. The van der Waals surface area contributed by atoms with Crippen molar-refractivity contribution in [1.29, 1.82) is 5.41 Å². The molecule has 0 aliphatic carbocycles. The van der Waals surface area contributed by atoms with Crippen LogP contribution in [0.15, 0.2) is 59.1 Å². The van der Waals surface area contributed by atoms with Gasteiger partial charge in [0.15, 0.2) is 11.5 Å². The highest BCUT2D eigenvalue weighted by Crippen LogP contribution is 2.30. The van der Waals surface area contributed by atoms with Crippen LogP contribution < -0.4 is 5.32 Å². The summed E-state index contributed by atoms with van der Waals surface area (Å²) in [6.45, 7) is 0. The number of benzene rings is 2. The topological polar surface area (TPSA) is 88.2 Å². The Balaban J connectivity index is 1.65. The number of hydrogen-bond donors (Lipinski definition) is 2. The van der Waals surface area contributed by atoms with Crippen LogP contribution in [0.5, 0.6) is 0 Å². The lowest BCUT2D eigenvalue weighted by atomic mass is 10.0. The van der Waals surface area contributed by atoms with Gasteiger partial charge in [0.2, 0.25) is 5.96 Å². The largest absolute Gasteiger partial charge is 0.593 e. The molecule has 2 N–H and O–H groups in total. The molecule has 1 aliphatic rings. The second-order valence-electron chi connectivity index (χ2n) is 6.21. The van der Waals surface area contributed by atoms with Crippen LogP contribution in [-0.2, 0) is 11.4 Å². The summed E-state index contributed by atoms with van der Waals surface area (Å²) in [5, 5.41) is 14.8. The van der Waals surface area contributed by atoms with Crippen molar-refractivity contribution in [2.45, 2.75) is 6.04 Å². The molecule has 8 heteroatoms. The van der Waals surface area contributed by atoms with Crippen LogP contribution in [0, 0.1) is 11.2 Å². The van der Waals surface area contributed by atoms with Gasteiger partial charge in [-0.05, 0) is 18.2 Å². The van der Waals surface area contributed by atoms with Crippen LogP contribution in [0.1, 0.15) is 11.6 Å². The van der Waals surface area contributed by atoms with Crippen LogP contribution in [0.25, 0.3) is 22.6 Å². The average Bonchev–Trinajstić information content (AvgIpc) is 3.17. The predicted molar refractivity (Wildman–Crippen MR) is 102 cm³/mol. The molecule has 1 saturated heterocycles. The van der Waals surface area contributed by atoms with E-state index in [9.17, 15) is 8.94 Å². The maximum Gasteiger partial charge on any atom is 0.234 e. The van der Waals surface area contributed by atoms with E-state index in [1.54, 1.807) is 25.2 Å². The van der Waals surface area contributed by atoms with Crippen molar-refractivity contribution in [3.05, 3.63) is 66.0 Å². The zero-order chi connectivity index (χ0) is 19.0. The number of hydrogen-bond acceptors (Lipinski definition) is 4. The Morgan fingerprint density at radius 1 is 1.22 bits per heavy atom. The van der Waals surface area contributed by atoms with Gasteiger partial charge in [-0.15, -0.1) is 0 Å². The standard InChI is InChI=1S/C19H17FN4O2S/c1-24-19(21)22-17(11-27(24)25)14-9-13(7-8-15(14)20)18-10-16(23-26-18)12-5-3-2-4-6-12/h2-10,17H,11H2,1H3,(H2,21,22). The van der Waals surface area contributed by atoms with Crippen molar-refractivity contribution in [2.75, 3.05) is 12.8 Å². The molecule has 2 heterocycles. The summed E-state index contributed by atoms with van der Waals surface area (Å²) < 4.78 is 33.3. The van der Waals surface area contributed by atoms with E-state index in [4.69, 9.17) is 9.93 Å². The van der Waals surface area contributed by atoms with Gasteiger partial charge < -0.3 is 14.4 Å². The van der Waals surface area contributed by atoms with Crippen molar-refractivity contribution < 1.29 is 13.5 Å². The highest BCUT2D eigenvalue weighted by molar-refractivity contribution is 7.89. The fourth-order valence-electron chi connectivity index (χ4n) is 2.94. The molecule has 0 radical (unpaired) electrons. The van der Waals surface area contributed by atoms with Crippen molar-refractivity contribution in [1.82, 2.24) is 14.8 Å². The molecule has 0 saturated carbocycles. The van der Waals surface area contributed by atoms with E-state index in [0.29, 0.717) is 22.6 Å².